The summed E-state index contributed by atoms with van der Waals surface area (Å²) in [6, 6.07) is 10.5. The summed E-state index contributed by atoms with van der Waals surface area (Å²) in [4.78, 5) is 24.0. The Labute approximate surface area is 210 Å². The summed E-state index contributed by atoms with van der Waals surface area (Å²) < 4.78 is 10.4. The van der Waals surface area contributed by atoms with Crippen molar-refractivity contribution in [1.82, 2.24) is 5.32 Å². The fourth-order valence-electron chi connectivity index (χ4n) is 6.26. The van der Waals surface area contributed by atoms with Gasteiger partial charge in [0.2, 0.25) is 0 Å². The molecule has 0 radical (unpaired) electrons. The molecule has 0 aliphatic heterocycles. The Morgan fingerprint density at radius 3 is 1.89 bits per heavy atom. The summed E-state index contributed by atoms with van der Waals surface area (Å²) >= 11 is 0. The topological polar surface area (TPSA) is 90.6 Å². The molecule has 0 spiro atoms. The van der Waals surface area contributed by atoms with Gasteiger partial charge in [0.1, 0.15) is 0 Å². The van der Waals surface area contributed by atoms with Gasteiger partial charge in [0.25, 0.3) is 0 Å². The summed E-state index contributed by atoms with van der Waals surface area (Å²) in [7, 11) is 0. The number of fused-ring (bicyclic) bond motifs is 5. The molecular weight excluding hydrogens is 440 g/mol. The first-order valence-corrected chi connectivity index (χ1v) is 13.4. The number of rotatable bonds is 7. The molecule has 1 aromatic rings. The first-order chi connectivity index (χ1) is 16.8. The zero-order valence-electron chi connectivity index (χ0n) is 21.4. The Balaban J connectivity index is 0.000000179. The molecule has 3 N–H and O–H groups in total. The second-order valence-corrected chi connectivity index (χ2v) is 11.1. The summed E-state index contributed by atoms with van der Waals surface area (Å²) in [5.74, 6) is -0.0284. The van der Waals surface area contributed by atoms with Gasteiger partial charge in [-0.15, -0.1) is 0 Å². The Kier molecular flexibility index (Phi) is 7.72. The van der Waals surface area contributed by atoms with E-state index < -0.39 is 0 Å². The van der Waals surface area contributed by atoms with Crippen molar-refractivity contribution in [2.75, 3.05) is 13.2 Å². The zero-order chi connectivity index (χ0) is 25.0. The van der Waals surface area contributed by atoms with Gasteiger partial charge in [0.05, 0.1) is 24.0 Å². The van der Waals surface area contributed by atoms with Gasteiger partial charge in [0, 0.05) is 17.6 Å². The number of hydrogen-bond acceptors (Lipinski definition) is 6. The van der Waals surface area contributed by atoms with Gasteiger partial charge in [0.15, 0.2) is 0 Å². The highest BCUT2D eigenvalue weighted by Gasteiger charge is 2.52. The number of carbonyl (C=O) groups excluding carboxylic acids is 2. The number of carbonyl (C=O) groups is 2. The predicted molar refractivity (Wildman–Crippen MR) is 136 cm³/mol. The number of benzene rings is 1. The van der Waals surface area contributed by atoms with E-state index in [-0.39, 0.29) is 33.8 Å². The summed E-state index contributed by atoms with van der Waals surface area (Å²) in [6.07, 6.45) is 13.9. The fourth-order valence-corrected chi connectivity index (χ4v) is 6.26. The van der Waals surface area contributed by atoms with Crippen LogP contribution in [0.2, 0.25) is 0 Å². The minimum Gasteiger partial charge on any atom is -0.466 e. The molecule has 192 valence electrons. The SMILES string of the molecule is CCOC(=O)C12C=CC(NCc3ccccc3)(CC1)CC2.CCOC(=O)C12CCC(N)(CC1)CC2. The molecular formula is C29H42N2O4. The van der Waals surface area contributed by atoms with E-state index in [1.807, 2.05) is 19.9 Å². The molecule has 6 aliphatic carbocycles. The molecule has 35 heavy (non-hydrogen) atoms. The molecule has 0 heterocycles. The van der Waals surface area contributed by atoms with Gasteiger partial charge in [-0.2, -0.15) is 0 Å². The van der Waals surface area contributed by atoms with Crippen LogP contribution in [0, 0.1) is 10.8 Å². The molecule has 0 atom stereocenters. The fraction of sp³-hybridized carbons (Fsp3) is 0.655. The molecule has 0 amide bonds. The van der Waals surface area contributed by atoms with Crippen molar-refractivity contribution in [3.63, 3.8) is 0 Å². The van der Waals surface area contributed by atoms with E-state index in [1.54, 1.807) is 0 Å². The van der Waals surface area contributed by atoms with Crippen LogP contribution >= 0.6 is 0 Å². The Morgan fingerprint density at radius 2 is 1.37 bits per heavy atom. The minimum atomic E-state index is -0.355. The van der Waals surface area contributed by atoms with Crippen molar-refractivity contribution in [3.8, 4) is 0 Å². The van der Waals surface area contributed by atoms with E-state index in [0.717, 1.165) is 70.8 Å². The number of nitrogens with two attached hydrogens (primary N) is 1. The van der Waals surface area contributed by atoms with Crippen LogP contribution < -0.4 is 11.1 Å². The number of nitrogens with one attached hydrogen (secondary N) is 1. The molecule has 4 fully saturated rings. The molecule has 0 aromatic heterocycles. The Bertz CT molecular complexity index is 893. The molecule has 7 rings (SSSR count). The summed E-state index contributed by atoms with van der Waals surface area (Å²) in [5.41, 5.74) is 7.05. The van der Waals surface area contributed by atoms with E-state index in [0.29, 0.717) is 13.2 Å². The maximum absolute atomic E-state index is 12.2. The first kappa shape index (κ1) is 25.9. The lowest BCUT2D eigenvalue weighted by Gasteiger charge is -2.50. The largest absolute Gasteiger partial charge is 0.466 e. The normalized spacial score (nSPS) is 34.6. The second kappa shape index (κ2) is 10.4. The van der Waals surface area contributed by atoms with Crippen molar-refractivity contribution in [2.45, 2.75) is 95.7 Å². The molecule has 4 bridgehead atoms. The third-order valence-electron chi connectivity index (χ3n) is 8.94. The zero-order valence-corrected chi connectivity index (χ0v) is 21.4. The van der Waals surface area contributed by atoms with E-state index in [9.17, 15) is 9.59 Å². The molecule has 6 heteroatoms. The number of ether oxygens (including phenoxy) is 2. The van der Waals surface area contributed by atoms with Gasteiger partial charge in [-0.25, -0.2) is 0 Å². The summed E-state index contributed by atoms with van der Waals surface area (Å²) in [6.45, 7) is 5.57. The molecule has 0 unspecified atom stereocenters. The van der Waals surface area contributed by atoms with E-state index in [2.05, 4.69) is 41.7 Å². The van der Waals surface area contributed by atoms with Crippen molar-refractivity contribution in [2.24, 2.45) is 16.6 Å². The average molecular weight is 483 g/mol. The Hall–Kier alpha value is -2.18. The molecule has 0 saturated heterocycles. The third-order valence-corrected chi connectivity index (χ3v) is 8.94. The van der Waals surface area contributed by atoms with Crippen LogP contribution in [0.5, 0.6) is 0 Å². The van der Waals surface area contributed by atoms with Crippen molar-refractivity contribution >= 4 is 11.9 Å². The van der Waals surface area contributed by atoms with Gasteiger partial charge in [-0.05, 0) is 83.6 Å². The van der Waals surface area contributed by atoms with E-state index in [4.69, 9.17) is 15.2 Å². The number of hydrogen-bond donors (Lipinski definition) is 2. The molecule has 6 aliphatic rings. The highest BCUT2D eigenvalue weighted by Crippen LogP contribution is 2.52. The van der Waals surface area contributed by atoms with Crippen molar-refractivity contribution < 1.29 is 19.1 Å². The van der Waals surface area contributed by atoms with Crippen LogP contribution in [0.25, 0.3) is 0 Å². The van der Waals surface area contributed by atoms with Crippen LogP contribution in [0.4, 0.5) is 0 Å². The second-order valence-electron chi connectivity index (χ2n) is 11.1. The monoisotopic (exact) mass is 482 g/mol. The summed E-state index contributed by atoms with van der Waals surface area (Å²) in [5, 5.41) is 3.69. The van der Waals surface area contributed by atoms with Crippen LogP contribution in [-0.4, -0.2) is 36.2 Å². The quantitative estimate of drug-likeness (QED) is 0.428. The lowest BCUT2D eigenvalue weighted by molar-refractivity contribution is -0.162. The Morgan fingerprint density at radius 1 is 0.800 bits per heavy atom. The van der Waals surface area contributed by atoms with Gasteiger partial charge >= 0.3 is 11.9 Å². The maximum atomic E-state index is 12.2. The smallest absolute Gasteiger partial charge is 0.315 e. The molecule has 1 aromatic carbocycles. The predicted octanol–water partition coefficient (Wildman–Crippen LogP) is 4.81. The maximum Gasteiger partial charge on any atom is 0.315 e. The van der Waals surface area contributed by atoms with Crippen LogP contribution in [0.3, 0.4) is 0 Å². The lowest BCUT2D eigenvalue weighted by atomic mass is 9.57. The van der Waals surface area contributed by atoms with Crippen LogP contribution in [0.15, 0.2) is 42.5 Å². The lowest BCUT2D eigenvalue weighted by Crippen LogP contribution is -2.54. The van der Waals surface area contributed by atoms with Crippen molar-refractivity contribution in [3.05, 3.63) is 48.0 Å². The van der Waals surface area contributed by atoms with Gasteiger partial charge < -0.3 is 20.5 Å². The van der Waals surface area contributed by atoms with Crippen molar-refractivity contribution in [1.29, 1.82) is 0 Å². The number of esters is 2. The average Bonchev–Trinajstić information content (AvgIpc) is 2.91. The van der Waals surface area contributed by atoms with Gasteiger partial charge in [-0.1, -0.05) is 42.5 Å². The molecule has 6 nitrogen and oxygen atoms in total. The highest BCUT2D eigenvalue weighted by atomic mass is 16.5. The first-order valence-electron chi connectivity index (χ1n) is 13.4. The van der Waals surface area contributed by atoms with E-state index in [1.165, 1.54) is 5.56 Å². The van der Waals surface area contributed by atoms with Crippen LogP contribution in [0.1, 0.15) is 83.6 Å². The van der Waals surface area contributed by atoms with Crippen LogP contribution in [-0.2, 0) is 25.6 Å². The molecule has 4 saturated carbocycles. The van der Waals surface area contributed by atoms with Gasteiger partial charge in [-0.3, -0.25) is 9.59 Å². The third kappa shape index (κ3) is 5.49. The minimum absolute atomic E-state index is 0.0155. The highest BCUT2D eigenvalue weighted by molar-refractivity contribution is 5.80. The van der Waals surface area contributed by atoms with E-state index >= 15 is 0 Å². The standard InChI is InChI=1S/C18H23NO2.C11H19NO2/c1-2-21-16(20)17-8-11-18(12-9-17,13-10-17)19-14-15-6-4-3-5-7-15;1-2-14-9(13)10-3-6-11(12,7-4-10)8-5-10/h3-8,11,19H,2,9-10,12-14H2,1H3;2-8,12H2,1H3.